The van der Waals surface area contributed by atoms with E-state index >= 15 is 0 Å². The Kier molecular flexibility index (Phi) is 9.17. The summed E-state index contributed by atoms with van der Waals surface area (Å²) < 4.78 is 9.23. The van der Waals surface area contributed by atoms with Gasteiger partial charge in [-0.15, -0.1) is 0 Å². The van der Waals surface area contributed by atoms with Crippen molar-refractivity contribution in [2.24, 2.45) is 0 Å². The van der Waals surface area contributed by atoms with E-state index in [9.17, 15) is 0 Å². The first-order chi connectivity index (χ1) is 34.7. The molecule has 2 heterocycles. The number of para-hydroxylation sites is 4. The zero-order valence-corrected chi connectivity index (χ0v) is 38.1. The van der Waals surface area contributed by atoms with E-state index in [4.69, 9.17) is 4.42 Å². The largest absolute Gasteiger partial charge is 0.455 e. The van der Waals surface area contributed by atoms with Gasteiger partial charge >= 0.3 is 0 Å². The average molecular weight is 894 g/mol. The van der Waals surface area contributed by atoms with Gasteiger partial charge in [0, 0.05) is 66.4 Å². The first-order valence-electron chi connectivity index (χ1n) is 23.9. The van der Waals surface area contributed by atoms with Crippen LogP contribution < -0.4 is 9.80 Å². The van der Waals surface area contributed by atoms with Crippen LogP contribution in [-0.4, -0.2) is 4.57 Å². The lowest BCUT2D eigenvalue weighted by atomic mass is 9.94. The predicted octanol–water partition coefficient (Wildman–Crippen LogP) is 18.7. The van der Waals surface area contributed by atoms with Crippen LogP contribution in [0.3, 0.4) is 0 Å². The smallest absolute Gasteiger partial charge is 0.143 e. The molecular weight excluding hydrogens is 851 g/mol. The third-order valence-corrected chi connectivity index (χ3v) is 14.1. The third kappa shape index (κ3) is 6.31. The van der Waals surface area contributed by atoms with Crippen molar-refractivity contribution >= 4 is 110 Å². The number of benzene rings is 12. The topological polar surface area (TPSA) is 24.6 Å². The molecule has 2 aromatic heterocycles. The molecule has 0 saturated heterocycles. The number of aromatic nitrogens is 1. The summed E-state index contributed by atoms with van der Waals surface area (Å²) in [5.74, 6) is 0. The fourth-order valence-electron chi connectivity index (χ4n) is 11.0. The van der Waals surface area contributed by atoms with Crippen molar-refractivity contribution < 1.29 is 4.42 Å². The molecule has 0 bridgehead atoms. The lowest BCUT2D eigenvalue weighted by molar-refractivity contribution is 0.673. The monoisotopic (exact) mass is 893 g/mol. The van der Waals surface area contributed by atoms with E-state index in [-0.39, 0.29) is 0 Å². The van der Waals surface area contributed by atoms with Gasteiger partial charge in [0.15, 0.2) is 0 Å². The normalized spacial score (nSPS) is 11.7. The molecule has 328 valence electrons. The summed E-state index contributed by atoms with van der Waals surface area (Å²) in [6, 6.07) is 94.0. The van der Waals surface area contributed by atoms with Crippen molar-refractivity contribution in [1.82, 2.24) is 4.57 Å². The van der Waals surface area contributed by atoms with Gasteiger partial charge in [-0.3, -0.25) is 0 Å². The summed E-state index contributed by atoms with van der Waals surface area (Å²) in [4.78, 5) is 4.74. The van der Waals surface area contributed by atoms with Gasteiger partial charge in [-0.2, -0.15) is 0 Å². The summed E-state index contributed by atoms with van der Waals surface area (Å²) in [7, 11) is 0. The standard InChI is InChI=1S/C66H43N3O/c1-4-18-45(19-5-1)67(50-37-39-57-56-28-16-17-31-61(56)69(63(57)43-50)47-22-8-3-9-23-47)48-33-35-49(36-34-48)68(46-20-6-2-7-21-46)62-41-40-51(52-24-10-13-27-55(52)62)44-32-38-60-64(42-44)70-66-59-30-15-12-26-54(59)53-25-11-14-29-58(53)65(60)66/h1-43H. The molecule has 4 heteroatoms. The molecule has 0 spiro atoms. The zero-order chi connectivity index (χ0) is 46.1. The molecule has 4 nitrogen and oxygen atoms in total. The van der Waals surface area contributed by atoms with E-state index in [1.54, 1.807) is 0 Å². The van der Waals surface area contributed by atoms with Crippen molar-refractivity contribution in [3.63, 3.8) is 0 Å². The molecule has 0 fully saturated rings. The fourth-order valence-corrected chi connectivity index (χ4v) is 11.0. The Morgan fingerprint density at radius 2 is 0.800 bits per heavy atom. The number of hydrogen-bond donors (Lipinski definition) is 0. The van der Waals surface area contributed by atoms with Gasteiger partial charge < -0.3 is 18.8 Å². The van der Waals surface area contributed by atoms with E-state index in [2.05, 4.69) is 275 Å². The Bertz CT molecular complexity index is 4290. The highest BCUT2D eigenvalue weighted by Gasteiger charge is 2.22. The second kappa shape index (κ2) is 16.2. The van der Waals surface area contributed by atoms with Gasteiger partial charge in [0.05, 0.1) is 16.7 Å². The van der Waals surface area contributed by atoms with Crippen LogP contribution in [-0.2, 0) is 0 Å². The van der Waals surface area contributed by atoms with Gasteiger partial charge in [0.25, 0.3) is 0 Å². The maximum atomic E-state index is 6.85. The Morgan fingerprint density at radius 3 is 1.51 bits per heavy atom. The molecule has 12 aromatic carbocycles. The molecule has 70 heavy (non-hydrogen) atoms. The Hall–Kier alpha value is -9.38. The van der Waals surface area contributed by atoms with Gasteiger partial charge in [-0.05, 0) is 130 Å². The molecule has 14 rings (SSSR count). The lowest BCUT2D eigenvalue weighted by Crippen LogP contribution is -2.12. The molecular formula is C66H43N3O. The first kappa shape index (κ1) is 39.8. The molecule has 0 aliphatic rings. The molecule has 0 unspecified atom stereocenters. The van der Waals surface area contributed by atoms with Crippen LogP contribution in [0.4, 0.5) is 34.1 Å². The fraction of sp³-hybridized carbons (Fsp3) is 0. The molecule has 0 atom stereocenters. The maximum Gasteiger partial charge on any atom is 0.143 e. The summed E-state index contributed by atoms with van der Waals surface area (Å²) in [5, 5.41) is 11.9. The van der Waals surface area contributed by atoms with Crippen LogP contribution in [0.15, 0.2) is 265 Å². The average Bonchev–Trinajstić information content (AvgIpc) is 3.98. The summed E-state index contributed by atoms with van der Waals surface area (Å²) >= 11 is 0. The molecule has 14 aromatic rings. The molecule has 0 aliphatic carbocycles. The van der Waals surface area contributed by atoms with Crippen LogP contribution in [0.1, 0.15) is 0 Å². The number of furan rings is 1. The van der Waals surface area contributed by atoms with Crippen molar-refractivity contribution in [1.29, 1.82) is 0 Å². The number of rotatable bonds is 8. The minimum absolute atomic E-state index is 0.885. The van der Waals surface area contributed by atoms with Crippen LogP contribution >= 0.6 is 0 Å². The molecule has 0 aliphatic heterocycles. The van der Waals surface area contributed by atoms with Crippen molar-refractivity contribution in [3.05, 3.63) is 261 Å². The van der Waals surface area contributed by atoms with Crippen LogP contribution in [0.5, 0.6) is 0 Å². The summed E-state index contributed by atoms with van der Waals surface area (Å²) in [6.07, 6.45) is 0. The second-order valence-corrected chi connectivity index (χ2v) is 18.0. The number of anilines is 6. The van der Waals surface area contributed by atoms with E-state index in [1.165, 1.54) is 43.2 Å². The molecule has 0 amide bonds. The lowest BCUT2D eigenvalue weighted by Gasteiger charge is -2.29. The first-order valence-corrected chi connectivity index (χ1v) is 23.9. The van der Waals surface area contributed by atoms with Crippen molar-refractivity contribution in [2.45, 2.75) is 0 Å². The Balaban J connectivity index is 0.889. The molecule has 0 radical (unpaired) electrons. The number of nitrogens with zero attached hydrogens (tertiary/aromatic N) is 3. The summed E-state index contributed by atoms with van der Waals surface area (Å²) in [5.41, 5.74) is 14.0. The van der Waals surface area contributed by atoms with Crippen molar-refractivity contribution in [3.8, 4) is 16.8 Å². The van der Waals surface area contributed by atoms with Gasteiger partial charge in [-0.1, -0.05) is 164 Å². The Morgan fingerprint density at radius 1 is 0.300 bits per heavy atom. The van der Waals surface area contributed by atoms with E-state index in [1.807, 2.05) is 0 Å². The molecule has 0 N–H and O–H groups in total. The zero-order valence-electron chi connectivity index (χ0n) is 38.1. The second-order valence-electron chi connectivity index (χ2n) is 18.0. The highest BCUT2D eigenvalue weighted by molar-refractivity contribution is 6.30. The summed E-state index contributed by atoms with van der Waals surface area (Å²) in [6.45, 7) is 0. The quantitative estimate of drug-likeness (QED) is 0.142. The maximum absolute atomic E-state index is 6.85. The number of hydrogen-bond acceptors (Lipinski definition) is 3. The predicted molar refractivity (Wildman–Crippen MR) is 295 cm³/mol. The van der Waals surface area contributed by atoms with E-state index in [0.717, 1.165) is 83.8 Å². The van der Waals surface area contributed by atoms with E-state index < -0.39 is 0 Å². The van der Waals surface area contributed by atoms with E-state index in [0.29, 0.717) is 0 Å². The van der Waals surface area contributed by atoms with Crippen LogP contribution in [0.25, 0.3) is 92.9 Å². The molecule has 0 saturated carbocycles. The highest BCUT2D eigenvalue weighted by Crippen LogP contribution is 2.46. The minimum Gasteiger partial charge on any atom is -0.455 e. The van der Waals surface area contributed by atoms with Gasteiger partial charge in [-0.25, -0.2) is 0 Å². The minimum atomic E-state index is 0.885. The van der Waals surface area contributed by atoms with Crippen molar-refractivity contribution in [2.75, 3.05) is 9.80 Å². The SMILES string of the molecule is c1ccc(N(c2ccc(N(c3ccccc3)c3ccc(-c4ccc5c(c4)oc4c6ccccc6c6ccccc6c54)c4ccccc34)cc2)c2ccc3c4ccccc4n(-c4ccccc4)c3c2)cc1. The van der Waals surface area contributed by atoms with Crippen LogP contribution in [0, 0.1) is 0 Å². The van der Waals surface area contributed by atoms with Gasteiger partial charge in [0.2, 0.25) is 0 Å². The Labute approximate surface area is 404 Å². The highest BCUT2D eigenvalue weighted by atomic mass is 16.3. The van der Waals surface area contributed by atoms with Gasteiger partial charge in [0.1, 0.15) is 11.2 Å². The van der Waals surface area contributed by atoms with Crippen LogP contribution in [0.2, 0.25) is 0 Å². The third-order valence-electron chi connectivity index (χ3n) is 14.1. The number of fused-ring (bicyclic) bond motifs is 12.